The second kappa shape index (κ2) is 6.93. The lowest BCUT2D eigenvalue weighted by Crippen LogP contribution is -2.37. The van der Waals surface area contributed by atoms with Crippen LogP contribution in [-0.2, 0) is 11.8 Å². The van der Waals surface area contributed by atoms with E-state index in [0.29, 0.717) is 28.7 Å². The molecule has 152 valence electrons. The Hall–Kier alpha value is -3.77. The predicted octanol–water partition coefficient (Wildman–Crippen LogP) is 0.818. The van der Waals surface area contributed by atoms with Gasteiger partial charge < -0.3 is 15.7 Å². The molecule has 2 amide bonds. The van der Waals surface area contributed by atoms with Gasteiger partial charge in [-0.1, -0.05) is 11.8 Å². The van der Waals surface area contributed by atoms with E-state index in [0.717, 1.165) is 0 Å². The number of carbonyl (C=O) groups is 2. The normalized spacial score (nSPS) is 18.5. The fourth-order valence-electron chi connectivity index (χ4n) is 3.40. The molecule has 3 heterocycles. The maximum atomic E-state index is 14.4. The summed E-state index contributed by atoms with van der Waals surface area (Å²) in [6, 6.07) is 5.71. The molecule has 1 aromatic carbocycles. The van der Waals surface area contributed by atoms with Gasteiger partial charge in [0.2, 0.25) is 5.60 Å². The summed E-state index contributed by atoms with van der Waals surface area (Å²) >= 11 is 0. The van der Waals surface area contributed by atoms with Gasteiger partial charge in [-0.3, -0.25) is 14.3 Å². The fourth-order valence-corrected chi connectivity index (χ4v) is 3.40. The number of aliphatic hydroxyl groups is 1. The molecule has 30 heavy (non-hydrogen) atoms. The number of fused-ring (bicyclic) bond motifs is 1. The number of benzene rings is 1. The molecule has 0 unspecified atom stereocenters. The minimum Gasteiger partial charge on any atom is -0.369 e. The molecule has 4 rings (SSSR count). The summed E-state index contributed by atoms with van der Waals surface area (Å²) in [6.45, 7) is 0.370. The van der Waals surface area contributed by atoms with Gasteiger partial charge in [-0.2, -0.15) is 5.10 Å². The number of hydrogen-bond donors (Lipinski definition) is 2. The van der Waals surface area contributed by atoms with Crippen LogP contribution in [0.3, 0.4) is 0 Å². The number of nitrogens with two attached hydrogens (primary N) is 1. The van der Waals surface area contributed by atoms with Crippen molar-refractivity contribution < 1.29 is 19.1 Å². The molecule has 9 heteroatoms. The highest BCUT2D eigenvalue weighted by Gasteiger charge is 2.42. The van der Waals surface area contributed by atoms with Crippen molar-refractivity contribution in [3.63, 3.8) is 0 Å². The van der Waals surface area contributed by atoms with Crippen LogP contribution < -0.4 is 5.73 Å². The number of halogens is 1. The van der Waals surface area contributed by atoms with E-state index in [1.165, 1.54) is 29.2 Å². The van der Waals surface area contributed by atoms with E-state index in [4.69, 9.17) is 5.73 Å². The zero-order valence-electron chi connectivity index (χ0n) is 16.3. The molecule has 1 aliphatic heterocycles. The van der Waals surface area contributed by atoms with Gasteiger partial charge in [0.15, 0.2) is 0 Å². The van der Waals surface area contributed by atoms with Crippen LogP contribution in [0.5, 0.6) is 0 Å². The molecule has 3 aromatic rings. The van der Waals surface area contributed by atoms with Gasteiger partial charge in [0.1, 0.15) is 11.5 Å². The summed E-state index contributed by atoms with van der Waals surface area (Å²) < 4.78 is 16.0. The molecule has 8 nitrogen and oxygen atoms in total. The molecule has 2 aromatic heterocycles. The standard InChI is InChI=1S/C21H18FN5O3/c1-26-8-7-21(30,20(26)29)6-5-12-9-13(3-4-15(12)22)18-14-11-24-27(2)17(14)10-16(25-18)19(23)28/h3-4,9-11,30H,7-8H2,1-2H3,(H2,23,28)/t21-/m0/s1. The highest BCUT2D eigenvalue weighted by Crippen LogP contribution is 2.29. The van der Waals surface area contributed by atoms with Crippen molar-refractivity contribution >= 4 is 22.7 Å². The Kier molecular flexibility index (Phi) is 4.51. The summed E-state index contributed by atoms with van der Waals surface area (Å²) in [6.07, 6.45) is 1.74. The van der Waals surface area contributed by atoms with Crippen molar-refractivity contribution in [3.8, 4) is 23.1 Å². The second-order valence-corrected chi connectivity index (χ2v) is 7.20. The monoisotopic (exact) mass is 407 g/mol. The molecular formula is C21H18FN5O3. The van der Waals surface area contributed by atoms with Gasteiger partial charge in [-0.15, -0.1) is 0 Å². The van der Waals surface area contributed by atoms with Crippen LogP contribution in [0.25, 0.3) is 22.2 Å². The number of primary amides is 1. The zero-order valence-corrected chi connectivity index (χ0v) is 16.3. The van der Waals surface area contributed by atoms with E-state index in [1.807, 2.05) is 0 Å². The number of aromatic nitrogens is 3. The molecule has 1 saturated heterocycles. The summed E-state index contributed by atoms with van der Waals surface area (Å²) in [5, 5.41) is 15.3. The third kappa shape index (κ3) is 3.17. The molecular weight excluding hydrogens is 389 g/mol. The number of nitrogens with zero attached hydrogens (tertiary/aromatic N) is 4. The molecule has 1 aliphatic rings. The first-order chi connectivity index (χ1) is 14.2. The summed E-state index contributed by atoms with van der Waals surface area (Å²) in [7, 11) is 3.29. The Morgan fingerprint density at radius 3 is 2.77 bits per heavy atom. The van der Waals surface area contributed by atoms with Gasteiger partial charge in [0.25, 0.3) is 11.8 Å². The summed E-state index contributed by atoms with van der Waals surface area (Å²) in [5.41, 5.74) is 5.13. The molecule has 3 N–H and O–H groups in total. The van der Waals surface area contributed by atoms with Crippen molar-refractivity contribution in [2.24, 2.45) is 12.8 Å². The van der Waals surface area contributed by atoms with Gasteiger partial charge in [0.05, 0.1) is 23.0 Å². The first-order valence-electron chi connectivity index (χ1n) is 9.13. The quantitative estimate of drug-likeness (QED) is 0.611. The van der Waals surface area contributed by atoms with Gasteiger partial charge in [-0.25, -0.2) is 9.37 Å². The van der Waals surface area contributed by atoms with Crippen LogP contribution in [-0.4, -0.2) is 55.8 Å². The van der Waals surface area contributed by atoms with E-state index in [-0.39, 0.29) is 17.7 Å². The number of amides is 2. The third-order valence-corrected chi connectivity index (χ3v) is 5.15. The number of rotatable bonds is 2. The number of carbonyl (C=O) groups excluding carboxylic acids is 2. The van der Waals surface area contributed by atoms with Crippen LogP contribution in [0.4, 0.5) is 4.39 Å². The fraction of sp³-hybridized carbons (Fsp3) is 0.238. The van der Waals surface area contributed by atoms with Crippen LogP contribution in [0, 0.1) is 17.7 Å². The Labute approximate surface area is 171 Å². The first-order valence-corrected chi connectivity index (χ1v) is 9.13. The zero-order chi connectivity index (χ0) is 21.6. The summed E-state index contributed by atoms with van der Waals surface area (Å²) in [4.78, 5) is 29.5. The minimum atomic E-state index is -1.84. The average Bonchev–Trinajstić information content (AvgIpc) is 3.22. The van der Waals surface area contributed by atoms with Gasteiger partial charge in [-0.05, 0) is 24.3 Å². The number of hydrogen-bond acceptors (Lipinski definition) is 5. The number of likely N-dealkylation sites (tertiary alicyclic amines) is 1. The number of pyridine rings is 1. The molecule has 0 saturated carbocycles. The number of likely N-dealkylation sites (N-methyl/N-ethyl adjacent to an activating group) is 1. The Morgan fingerprint density at radius 2 is 2.10 bits per heavy atom. The lowest BCUT2D eigenvalue weighted by Gasteiger charge is -2.13. The maximum Gasteiger partial charge on any atom is 0.267 e. The van der Waals surface area contributed by atoms with E-state index < -0.39 is 23.2 Å². The molecule has 1 fully saturated rings. The third-order valence-electron chi connectivity index (χ3n) is 5.15. The molecule has 0 aliphatic carbocycles. The summed E-state index contributed by atoms with van der Waals surface area (Å²) in [5.74, 6) is 3.27. The van der Waals surface area contributed by atoms with Crippen molar-refractivity contribution in [2.75, 3.05) is 13.6 Å². The Balaban J connectivity index is 1.83. The Bertz CT molecular complexity index is 1270. The topological polar surface area (TPSA) is 114 Å². The van der Waals surface area contributed by atoms with Crippen LogP contribution >= 0.6 is 0 Å². The highest BCUT2D eigenvalue weighted by atomic mass is 19.1. The molecule has 0 radical (unpaired) electrons. The Morgan fingerprint density at radius 1 is 1.33 bits per heavy atom. The van der Waals surface area contributed by atoms with E-state index in [2.05, 4.69) is 21.9 Å². The van der Waals surface area contributed by atoms with Crippen LogP contribution in [0.15, 0.2) is 30.5 Å². The SMILES string of the molecule is CN1CC[C@@](O)(C#Cc2cc(-c3nc(C(N)=O)cc4c3cnn4C)ccc2F)C1=O. The molecule has 0 spiro atoms. The van der Waals surface area contributed by atoms with E-state index in [9.17, 15) is 19.1 Å². The van der Waals surface area contributed by atoms with Crippen molar-refractivity contribution in [1.82, 2.24) is 19.7 Å². The lowest BCUT2D eigenvalue weighted by molar-refractivity contribution is -0.137. The minimum absolute atomic E-state index is 0.00778. The van der Waals surface area contributed by atoms with Gasteiger partial charge >= 0.3 is 0 Å². The van der Waals surface area contributed by atoms with Crippen molar-refractivity contribution in [2.45, 2.75) is 12.0 Å². The maximum absolute atomic E-state index is 14.4. The molecule has 0 bridgehead atoms. The highest BCUT2D eigenvalue weighted by molar-refractivity contribution is 5.99. The van der Waals surface area contributed by atoms with Crippen LogP contribution in [0.1, 0.15) is 22.5 Å². The van der Waals surface area contributed by atoms with Crippen LogP contribution in [0.2, 0.25) is 0 Å². The smallest absolute Gasteiger partial charge is 0.267 e. The average molecular weight is 407 g/mol. The first kappa shape index (κ1) is 19.5. The van der Waals surface area contributed by atoms with Gasteiger partial charge in [0, 0.05) is 38.0 Å². The lowest BCUT2D eigenvalue weighted by atomic mass is 10.0. The van der Waals surface area contributed by atoms with E-state index in [1.54, 1.807) is 25.0 Å². The van der Waals surface area contributed by atoms with E-state index >= 15 is 0 Å². The largest absolute Gasteiger partial charge is 0.369 e. The number of aryl methyl sites for hydroxylation is 1. The van der Waals surface area contributed by atoms with Crippen molar-refractivity contribution in [1.29, 1.82) is 0 Å². The van der Waals surface area contributed by atoms with Crippen molar-refractivity contribution in [3.05, 3.63) is 47.5 Å². The molecule has 1 atom stereocenters. The predicted molar refractivity (Wildman–Crippen MR) is 107 cm³/mol. The second-order valence-electron chi connectivity index (χ2n) is 7.20.